The molecule has 2 aliphatic heterocycles. The van der Waals surface area contributed by atoms with E-state index < -0.39 is 24.4 Å². The molecule has 2 aromatic carbocycles. The number of aromatic nitrogens is 10. The number of imidazole rings is 2. The van der Waals surface area contributed by atoms with E-state index in [1.54, 1.807) is 49.1 Å². The number of fused-ring (bicyclic) bond motifs is 2. The van der Waals surface area contributed by atoms with Gasteiger partial charge in [-0.2, -0.15) is 10.5 Å². The van der Waals surface area contributed by atoms with Crippen molar-refractivity contribution in [3.05, 3.63) is 166 Å². The highest BCUT2D eigenvalue weighted by molar-refractivity contribution is 7.17. The lowest BCUT2D eigenvalue weighted by Gasteiger charge is -2.38. The number of benzene rings is 2. The number of halogens is 4. The molecule has 0 atom stereocenters. The largest absolute Gasteiger partial charge is 0.481 e. The topological polar surface area (TPSA) is 274 Å². The summed E-state index contributed by atoms with van der Waals surface area (Å²) in [4.78, 5) is 76.1. The van der Waals surface area contributed by atoms with E-state index in [2.05, 4.69) is 47.1 Å². The lowest BCUT2D eigenvalue weighted by Crippen LogP contribution is -2.55. The number of thiazole rings is 2. The Kier molecular flexibility index (Phi) is 20.3. The van der Waals surface area contributed by atoms with Crippen LogP contribution < -0.4 is 30.7 Å². The summed E-state index contributed by atoms with van der Waals surface area (Å²) in [7, 11) is 2.79. The molecule has 10 heterocycles. The third-order valence-electron chi connectivity index (χ3n) is 16.1. The Morgan fingerprint density at radius 1 is 0.674 bits per heavy atom. The Morgan fingerprint density at radius 2 is 1.06 bits per heavy atom. The van der Waals surface area contributed by atoms with Gasteiger partial charge in [0.25, 0.3) is 5.66 Å². The van der Waals surface area contributed by atoms with E-state index in [1.165, 1.54) is 46.9 Å². The third kappa shape index (κ3) is 14.3. The van der Waals surface area contributed by atoms with Crippen molar-refractivity contribution in [1.82, 2.24) is 54.0 Å². The average Bonchev–Trinajstić information content (AvgIpc) is 1.59. The fourth-order valence-electron chi connectivity index (χ4n) is 10.4. The van der Waals surface area contributed by atoms with Crippen LogP contribution in [0.1, 0.15) is 69.5 Å². The van der Waals surface area contributed by atoms with Gasteiger partial charge in [-0.25, -0.2) is 61.8 Å². The second-order valence-corrected chi connectivity index (χ2v) is 24.4. The highest BCUT2D eigenvalue weighted by atomic mass is 35.5. The van der Waals surface area contributed by atoms with Crippen LogP contribution in [0.4, 0.5) is 47.0 Å². The summed E-state index contributed by atoms with van der Waals surface area (Å²) in [6.45, 7) is 19.6. The predicted molar refractivity (Wildman–Crippen MR) is 361 cm³/mol. The molecule has 0 radical (unpaired) electrons. The number of carbonyl (C=O) groups is 2. The quantitative estimate of drug-likeness (QED) is 0.0805. The van der Waals surface area contributed by atoms with Crippen LogP contribution >= 0.6 is 35.1 Å². The number of carboxylic acid groups (broad SMARTS) is 1. The van der Waals surface area contributed by atoms with Gasteiger partial charge >= 0.3 is 11.6 Å². The second-order valence-electron chi connectivity index (χ2n) is 22.4. The van der Waals surface area contributed by atoms with Gasteiger partial charge in [0.1, 0.15) is 67.8 Å². The summed E-state index contributed by atoms with van der Waals surface area (Å²) in [6.07, 6.45) is 15.6. The fourth-order valence-corrected chi connectivity index (χ4v) is 12.1. The highest BCUT2D eigenvalue weighted by Gasteiger charge is 2.54. The van der Waals surface area contributed by atoms with Gasteiger partial charge < -0.3 is 24.7 Å². The molecule has 0 unspecified atom stereocenters. The van der Waals surface area contributed by atoms with Crippen LogP contribution in [-0.4, -0.2) is 124 Å². The molecule has 95 heavy (non-hydrogen) atoms. The maximum atomic E-state index is 13.5. The molecule has 4 aliphatic rings. The molecule has 14 rings (SSSR count). The van der Waals surface area contributed by atoms with E-state index in [0.717, 1.165) is 82.3 Å². The van der Waals surface area contributed by atoms with Gasteiger partial charge in [0.05, 0.1) is 44.6 Å². The van der Waals surface area contributed by atoms with Crippen LogP contribution in [0.15, 0.2) is 110 Å². The minimum Gasteiger partial charge on any atom is -0.481 e. The van der Waals surface area contributed by atoms with Crippen molar-refractivity contribution in [2.45, 2.75) is 71.1 Å². The zero-order valence-corrected chi connectivity index (χ0v) is 53.5. The number of carboxylic acids is 1. The van der Waals surface area contributed by atoms with Crippen molar-refractivity contribution in [3.8, 4) is 56.9 Å². The van der Waals surface area contributed by atoms with Crippen LogP contribution in [-0.2, 0) is 22.4 Å². The third-order valence-corrected chi connectivity index (χ3v) is 18.2. The molecule has 2 saturated carbocycles. The Labute approximate surface area is 561 Å². The number of alkyl halides is 1. The lowest BCUT2D eigenvalue weighted by atomic mass is 9.99. The molecule has 0 bridgehead atoms. The van der Waals surface area contributed by atoms with Crippen LogP contribution in [0.5, 0.6) is 0 Å². The number of rotatable bonds is 15. The molecule has 2 saturated heterocycles. The van der Waals surface area contributed by atoms with Gasteiger partial charge in [0, 0.05) is 124 Å². The lowest BCUT2D eigenvalue weighted by molar-refractivity contribution is -0.142. The molecule has 0 spiro atoms. The number of amides is 1. The second kappa shape index (κ2) is 28.7. The summed E-state index contributed by atoms with van der Waals surface area (Å²) in [5, 5.41) is 32.8. The molecule has 23 nitrogen and oxygen atoms in total. The number of anilines is 6. The molecule has 8 aromatic heterocycles. The van der Waals surface area contributed by atoms with Gasteiger partial charge in [0.2, 0.25) is 17.8 Å². The normalized spacial score (nSPS) is 14.6. The first kappa shape index (κ1) is 67.3. The number of nitrogens with zero attached hydrogens (tertiary/aromatic N) is 18. The molecule has 1 amide bonds. The molecule has 4 N–H and O–H groups in total. The first-order chi connectivity index (χ1) is 45.3. The van der Waals surface area contributed by atoms with E-state index >= 15 is 0 Å². The van der Waals surface area contributed by atoms with E-state index in [-0.39, 0.29) is 49.2 Å². The molecule has 4 fully saturated rings. The number of pyridine rings is 2. The van der Waals surface area contributed by atoms with Crippen molar-refractivity contribution >= 4 is 92.0 Å². The van der Waals surface area contributed by atoms with E-state index in [4.69, 9.17) is 45.3 Å². The molecule has 29 heteroatoms. The van der Waals surface area contributed by atoms with E-state index in [1.807, 2.05) is 93.0 Å². The van der Waals surface area contributed by atoms with Gasteiger partial charge in [-0.05, 0) is 85.6 Å². The van der Waals surface area contributed by atoms with Crippen molar-refractivity contribution in [1.29, 1.82) is 10.5 Å². The predicted octanol–water partition coefficient (Wildman–Crippen LogP) is 12.0. The number of hydrogen-bond donors (Lipinski definition) is 3. The summed E-state index contributed by atoms with van der Waals surface area (Å²) in [6, 6.07) is 24.2. The number of nitrogens with two attached hydrogens (primary N) is 1. The fraction of sp³-hybridized carbons (Fsp3) is 0.303. The molecular weight excluding hydrogens is 1280 g/mol. The van der Waals surface area contributed by atoms with Crippen molar-refractivity contribution in [3.63, 3.8) is 0 Å². The maximum Gasteiger partial charge on any atom is 0.310 e. The molecular formula is C66H64ClF3N20O3S2. The number of aryl methyl sites for hydroxylation is 2. The first-order valence-corrected chi connectivity index (χ1v) is 30.9. The average molecular weight is 1340 g/mol. The van der Waals surface area contributed by atoms with Gasteiger partial charge in [0.15, 0.2) is 10.3 Å². The Bertz CT molecular complexity index is 4640. The SMILES string of the molecule is C.CCc1nc2ccc(-c3cnc(N4CC(C(=O)O)C4)nc3)cn2c1N(C)c1nc(-c2ccc(F)cc2)c(C#N)s1.Cl.[2H]CF.[C-]#[N+]C1(N)CC1.[C-]#[N+]C1(NC(=O)C2CN(c3ncc(-c4ccc5nc(CC)c(N(C)c6nc(-c7ccc(F)cc7)c(C#N)s6)n5c4)cn3)C2)CC1. The van der Waals surface area contributed by atoms with Gasteiger partial charge in [-0.1, -0.05) is 43.9 Å². The summed E-state index contributed by atoms with van der Waals surface area (Å²) < 4.78 is 46.5. The molecule has 486 valence electrons. The number of hydrogen-bond acceptors (Lipinski definition) is 19. The molecule has 2 aliphatic carbocycles. The summed E-state index contributed by atoms with van der Waals surface area (Å²) in [5.41, 5.74) is 13.2. The van der Waals surface area contributed by atoms with Crippen molar-refractivity contribution < 1.29 is 29.2 Å². The van der Waals surface area contributed by atoms with Gasteiger partial charge in [-0.3, -0.25) is 43.5 Å². The highest BCUT2D eigenvalue weighted by Crippen LogP contribution is 2.41. The number of nitrogens with one attached hydrogen (secondary N) is 1. The van der Waals surface area contributed by atoms with Crippen molar-refractivity contribution in [2.24, 2.45) is 17.6 Å². The van der Waals surface area contributed by atoms with Crippen LogP contribution in [0.25, 0.3) is 65.8 Å². The van der Waals surface area contributed by atoms with Crippen LogP contribution in [0.2, 0.25) is 0 Å². The Balaban J connectivity index is 0.000000197. The minimum absolute atomic E-state index is 0. The van der Waals surface area contributed by atoms with Gasteiger partial charge in [-0.15, -0.1) is 12.4 Å². The standard InChI is InChI=1S/C32H27FN10OS.C28H23FN8O2S.C4H6N2.CH3F.CH4.ClH/c1-4-24-29(41(3)31-39-27(25(13-34)45-31)19-5-8-23(33)9-6-19)43-18-20(7-10-26(43)38-24)21-14-36-30(37-15-21)42-16-22(17-42)28(44)40-32(35-2)11-12-32;1-3-21-25(35(2)28-34-24(22(10-30)40-28)16-4-7-20(29)8-5-16)37-15-17(6-9-23(37)33-21)18-11-31-27(32-12-18)36-13-19(14-36)26(38)39;1-6-4(5)2-3-4;1-2;;/h5-10,14-15,18,22H,4,11-12,16-17H2,1,3H3,(H,40,44);4-9,11-12,15,19H,3,13-14H2,1-2H3,(H,38,39);2-3,5H2;1H3;1H4;1H/i;;;1D;;. The molecule has 10 aromatic rings. The monoisotopic (exact) mass is 1340 g/mol. The zero-order chi connectivity index (χ0) is 66.6. The maximum absolute atomic E-state index is 13.5. The summed E-state index contributed by atoms with van der Waals surface area (Å²) >= 11 is 2.53. The summed E-state index contributed by atoms with van der Waals surface area (Å²) in [5.74, 6) is 0.569. The number of aliphatic carboxylic acids is 1. The van der Waals surface area contributed by atoms with E-state index in [9.17, 15) is 33.3 Å². The smallest absolute Gasteiger partial charge is 0.310 e. The number of nitriles is 2. The van der Waals surface area contributed by atoms with Crippen LogP contribution in [0, 0.1) is 59.3 Å². The number of carbonyl (C=O) groups excluding carboxylic acids is 1. The van der Waals surface area contributed by atoms with Crippen LogP contribution in [0.3, 0.4) is 0 Å². The van der Waals surface area contributed by atoms with E-state index in [0.29, 0.717) is 93.4 Å². The first-order valence-electron chi connectivity index (χ1n) is 30.0. The van der Waals surface area contributed by atoms with Crippen molar-refractivity contribution in [2.75, 3.05) is 67.0 Å². The minimum atomic E-state index is -1.00. The zero-order valence-electron chi connectivity index (χ0n) is 52.1. The Morgan fingerprint density at radius 3 is 1.39 bits per heavy atom. The Hall–Kier alpha value is -10.6.